The smallest absolute Gasteiger partial charge is 0.305 e. The van der Waals surface area contributed by atoms with Crippen LogP contribution in [0.15, 0.2) is 0 Å². The van der Waals surface area contributed by atoms with E-state index in [4.69, 9.17) is 47.7 Å². The molecule has 0 aromatic heterocycles. The summed E-state index contributed by atoms with van der Waals surface area (Å²) in [5, 5.41) is 11.2. The lowest BCUT2D eigenvalue weighted by Gasteiger charge is -2.09. The van der Waals surface area contributed by atoms with Crippen molar-refractivity contribution in [2.24, 2.45) is 0 Å². The maximum Gasteiger partial charge on any atom is 0.305 e. The van der Waals surface area contributed by atoms with E-state index >= 15 is 0 Å². The van der Waals surface area contributed by atoms with Crippen LogP contribution in [0.3, 0.4) is 0 Å². The number of aliphatic carboxylic acids is 1. The number of carbonyl (C=O) groups is 3. The Kier molecular flexibility index (Phi) is 34.0. The van der Waals surface area contributed by atoms with E-state index in [0.717, 1.165) is 25.7 Å². The molecule has 14 nitrogen and oxygen atoms in total. The third kappa shape index (κ3) is 36.3. The first kappa shape index (κ1) is 42.1. The molecule has 0 saturated heterocycles. The molecular weight excluding hydrogens is 582 g/mol. The van der Waals surface area contributed by atoms with Crippen LogP contribution >= 0.6 is 0 Å². The van der Waals surface area contributed by atoms with Gasteiger partial charge in [-0.1, -0.05) is 26.2 Å². The molecule has 0 heterocycles. The van der Waals surface area contributed by atoms with Gasteiger partial charge in [0.05, 0.1) is 106 Å². The number of amides is 1. The van der Waals surface area contributed by atoms with Gasteiger partial charge in [-0.3, -0.25) is 14.4 Å². The second-order valence-corrected chi connectivity index (χ2v) is 9.53. The summed E-state index contributed by atoms with van der Waals surface area (Å²) in [4.78, 5) is 33.3. The van der Waals surface area contributed by atoms with E-state index in [-0.39, 0.29) is 31.3 Å². The molecule has 2 N–H and O–H groups in total. The predicted octanol–water partition coefficient (Wildman–Crippen LogP) is 2.00. The van der Waals surface area contributed by atoms with Crippen LogP contribution in [0.5, 0.6) is 0 Å². The normalized spacial score (nSPS) is 11.1. The van der Waals surface area contributed by atoms with Gasteiger partial charge in [0.15, 0.2) is 0 Å². The Morgan fingerprint density at radius 1 is 0.477 bits per heavy atom. The lowest BCUT2D eigenvalue weighted by molar-refractivity contribution is -0.145. The predicted molar refractivity (Wildman–Crippen MR) is 161 cm³/mol. The van der Waals surface area contributed by atoms with Crippen molar-refractivity contribution in [1.82, 2.24) is 5.32 Å². The van der Waals surface area contributed by atoms with E-state index in [0.29, 0.717) is 125 Å². The minimum absolute atomic E-state index is 0.0109. The number of ether oxygens (including phenoxy) is 9. The first-order valence-corrected chi connectivity index (χ1v) is 15.8. The molecule has 260 valence electrons. The molecule has 14 heteroatoms. The van der Waals surface area contributed by atoms with Crippen LogP contribution in [0, 0.1) is 0 Å². The van der Waals surface area contributed by atoms with Crippen LogP contribution in [0.25, 0.3) is 0 Å². The molecule has 1 amide bonds. The van der Waals surface area contributed by atoms with Crippen molar-refractivity contribution in [1.29, 1.82) is 0 Å². The molecule has 0 aliphatic heterocycles. The zero-order valence-electron chi connectivity index (χ0n) is 26.7. The highest BCUT2D eigenvalue weighted by atomic mass is 16.6. The second kappa shape index (κ2) is 35.6. The van der Waals surface area contributed by atoms with E-state index in [1.807, 2.05) is 0 Å². The lowest BCUT2D eigenvalue weighted by Crippen LogP contribution is -2.25. The molecule has 0 atom stereocenters. The lowest BCUT2D eigenvalue weighted by atomic mass is 10.2. The van der Waals surface area contributed by atoms with Crippen LogP contribution in [-0.4, -0.2) is 142 Å². The molecule has 0 aliphatic rings. The number of nitrogens with one attached hydrogen (secondary N) is 1. The summed E-state index contributed by atoms with van der Waals surface area (Å²) in [5.41, 5.74) is 0. The Morgan fingerprint density at radius 2 is 0.886 bits per heavy atom. The van der Waals surface area contributed by atoms with E-state index in [1.54, 1.807) is 0 Å². The van der Waals surface area contributed by atoms with Gasteiger partial charge in [-0.2, -0.15) is 0 Å². The van der Waals surface area contributed by atoms with E-state index in [1.165, 1.54) is 0 Å². The van der Waals surface area contributed by atoms with E-state index in [2.05, 4.69) is 12.2 Å². The summed E-state index contributed by atoms with van der Waals surface area (Å²) in [6.45, 7) is 10.3. The maximum atomic E-state index is 11.5. The zero-order chi connectivity index (χ0) is 32.2. The molecule has 0 aromatic rings. The monoisotopic (exact) mass is 639 g/mol. The van der Waals surface area contributed by atoms with Crippen LogP contribution in [0.2, 0.25) is 0 Å². The second-order valence-electron chi connectivity index (χ2n) is 9.53. The van der Waals surface area contributed by atoms with Gasteiger partial charge in [-0.15, -0.1) is 0 Å². The largest absolute Gasteiger partial charge is 0.481 e. The fourth-order valence-corrected chi connectivity index (χ4v) is 3.34. The highest BCUT2D eigenvalue weighted by Gasteiger charge is 2.04. The van der Waals surface area contributed by atoms with Gasteiger partial charge in [0.2, 0.25) is 5.91 Å². The summed E-state index contributed by atoms with van der Waals surface area (Å²) in [5.74, 6) is -1.41. The number of esters is 1. The molecule has 0 spiro atoms. The molecule has 0 aromatic carbocycles. The van der Waals surface area contributed by atoms with Gasteiger partial charge in [0, 0.05) is 26.0 Å². The minimum Gasteiger partial charge on any atom is -0.481 e. The Hall–Kier alpha value is -1.91. The highest BCUT2D eigenvalue weighted by molar-refractivity contribution is 5.80. The topological polar surface area (TPSA) is 167 Å². The molecule has 0 unspecified atom stereocenters. The number of unbranched alkanes of at least 4 members (excludes halogenated alkanes) is 3. The SMILES string of the molecule is CCCCCCC(=O)OCCOCCOCCOCCOCCOCCOCCOCCOCCCNC(=O)CCC(=O)O. The van der Waals surface area contributed by atoms with Crippen LogP contribution in [0.1, 0.15) is 58.3 Å². The van der Waals surface area contributed by atoms with Crippen molar-refractivity contribution in [2.45, 2.75) is 58.3 Å². The molecule has 0 saturated carbocycles. The van der Waals surface area contributed by atoms with E-state index in [9.17, 15) is 14.4 Å². The molecule has 0 fully saturated rings. The Balaban J connectivity index is 3.12. The fraction of sp³-hybridized carbons (Fsp3) is 0.900. The van der Waals surface area contributed by atoms with E-state index < -0.39 is 5.97 Å². The standard InChI is InChI=1S/C30H57NO13/c1-2-3-4-5-7-30(35)44-27-26-43-25-24-42-23-22-41-21-20-40-19-18-39-17-16-38-15-14-37-13-12-36-11-6-10-31-28(32)8-9-29(33)34/h2-27H2,1H3,(H,31,32)(H,33,34). The Morgan fingerprint density at radius 3 is 1.30 bits per heavy atom. The van der Waals surface area contributed by atoms with Gasteiger partial charge >= 0.3 is 11.9 Å². The average molecular weight is 640 g/mol. The molecule has 0 aliphatic carbocycles. The molecule has 44 heavy (non-hydrogen) atoms. The van der Waals surface area contributed by atoms with Gasteiger partial charge in [-0.25, -0.2) is 0 Å². The van der Waals surface area contributed by atoms with Crippen LogP contribution in [-0.2, 0) is 57.0 Å². The first-order chi connectivity index (χ1) is 21.6. The Labute approximate surface area is 262 Å². The van der Waals surface area contributed by atoms with Crippen LogP contribution in [0.4, 0.5) is 0 Å². The number of carbonyl (C=O) groups excluding carboxylic acids is 2. The summed E-state index contributed by atoms with van der Waals surface area (Å²) in [7, 11) is 0. The molecular formula is C30H57NO13. The van der Waals surface area contributed by atoms with Crippen molar-refractivity contribution >= 4 is 17.8 Å². The van der Waals surface area contributed by atoms with Gasteiger partial charge in [0.25, 0.3) is 0 Å². The quantitative estimate of drug-likeness (QED) is 0.0756. The van der Waals surface area contributed by atoms with Crippen molar-refractivity contribution < 1.29 is 62.1 Å². The number of carboxylic acids is 1. The summed E-state index contributed by atoms with van der Waals surface area (Å²) < 4.78 is 48.5. The summed E-state index contributed by atoms with van der Waals surface area (Å²) in [6.07, 6.45) is 5.20. The molecule has 0 bridgehead atoms. The van der Waals surface area contributed by atoms with Crippen molar-refractivity contribution in [3.05, 3.63) is 0 Å². The Bertz CT molecular complexity index is 654. The average Bonchev–Trinajstić information content (AvgIpc) is 3.01. The van der Waals surface area contributed by atoms with Crippen molar-refractivity contribution in [3.63, 3.8) is 0 Å². The van der Waals surface area contributed by atoms with Crippen molar-refractivity contribution in [3.8, 4) is 0 Å². The molecule has 0 rings (SSSR count). The third-order valence-corrected chi connectivity index (χ3v) is 5.68. The van der Waals surface area contributed by atoms with Gasteiger partial charge < -0.3 is 53.1 Å². The third-order valence-electron chi connectivity index (χ3n) is 5.68. The zero-order valence-corrected chi connectivity index (χ0v) is 26.7. The number of hydrogen-bond acceptors (Lipinski definition) is 12. The fourth-order valence-electron chi connectivity index (χ4n) is 3.34. The summed E-state index contributed by atoms with van der Waals surface area (Å²) in [6, 6.07) is 0. The number of rotatable bonds is 36. The van der Waals surface area contributed by atoms with Gasteiger partial charge in [0.1, 0.15) is 6.61 Å². The molecule has 0 radical (unpaired) electrons. The van der Waals surface area contributed by atoms with Gasteiger partial charge in [-0.05, 0) is 12.8 Å². The first-order valence-electron chi connectivity index (χ1n) is 15.8. The maximum absolute atomic E-state index is 11.5. The number of carboxylic acid groups (broad SMARTS) is 1. The number of hydrogen-bond donors (Lipinski definition) is 2. The minimum atomic E-state index is -0.984. The van der Waals surface area contributed by atoms with Crippen LogP contribution < -0.4 is 5.32 Å². The van der Waals surface area contributed by atoms with Crippen molar-refractivity contribution in [2.75, 3.05) is 119 Å². The summed E-state index contributed by atoms with van der Waals surface area (Å²) >= 11 is 0. The highest BCUT2D eigenvalue weighted by Crippen LogP contribution is 2.03.